The van der Waals surface area contributed by atoms with E-state index in [1.54, 1.807) is 12.1 Å². The molecule has 2 aromatic rings. The molecule has 0 saturated heterocycles. The van der Waals surface area contributed by atoms with Crippen LogP contribution < -0.4 is 4.74 Å². The maximum absolute atomic E-state index is 11.5. The zero-order valence-electron chi connectivity index (χ0n) is 12.0. The average molecular weight is 349 g/mol. The van der Waals surface area contributed by atoms with Gasteiger partial charge in [-0.25, -0.2) is 0 Å². The number of aromatic hydroxyl groups is 1. The van der Waals surface area contributed by atoms with Crippen molar-refractivity contribution in [1.82, 2.24) is 0 Å². The van der Waals surface area contributed by atoms with E-state index in [1.807, 2.05) is 31.2 Å². The fourth-order valence-corrected chi connectivity index (χ4v) is 2.52. The van der Waals surface area contributed by atoms with E-state index in [0.717, 1.165) is 10.9 Å². The normalized spacial score (nSPS) is 10.4. The van der Waals surface area contributed by atoms with E-state index in [-0.39, 0.29) is 11.5 Å². The van der Waals surface area contributed by atoms with Gasteiger partial charge < -0.3 is 9.84 Å². The van der Waals surface area contributed by atoms with E-state index in [0.29, 0.717) is 29.0 Å². The maximum Gasteiger partial charge on any atom is 0.163 e. The van der Waals surface area contributed by atoms with Gasteiger partial charge in [-0.05, 0) is 43.7 Å². The first-order valence-corrected chi connectivity index (χ1v) is 7.61. The molecule has 0 bridgehead atoms. The predicted octanol–water partition coefficient (Wildman–Crippen LogP) is 5.10. The molecule has 0 fully saturated rings. The molecule has 0 aromatic heterocycles. The summed E-state index contributed by atoms with van der Waals surface area (Å²) < 4.78 is 6.78. The molecule has 0 heterocycles. The molecule has 0 saturated carbocycles. The molecule has 0 amide bonds. The van der Waals surface area contributed by atoms with Crippen LogP contribution in [-0.2, 0) is 6.42 Å². The highest BCUT2D eigenvalue weighted by Gasteiger charge is 2.16. The van der Waals surface area contributed by atoms with Crippen molar-refractivity contribution in [3.8, 4) is 17.2 Å². The smallest absolute Gasteiger partial charge is 0.163 e. The molecule has 2 aromatic carbocycles. The van der Waals surface area contributed by atoms with Gasteiger partial charge in [0, 0.05) is 10.0 Å². The summed E-state index contributed by atoms with van der Waals surface area (Å²) in [6, 6.07) is 10.8. The second-order valence-corrected chi connectivity index (χ2v) is 5.72. The number of benzene rings is 2. The van der Waals surface area contributed by atoms with Gasteiger partial charge in [0.05, 0.1) is 5.56 Å². The summed E-state index contributed by atoms with van der Waals surface area (Å²) in [4.78, 5) is 11.5. The third-order valence-electron chi connectivity index (χ3n) is 3.14. The van der Waals surface area contributed by atoms with Crippen molar-refractivity contribution in [2.45, 2.75) is 26.7 Å². The average Bonchev–Trinajstić information content (AvgIpc) is 2.42. The van der Waals surface area contributed by atoms with Gasteiger partial charge in [0.2, 0.25) is 0 Å². The van der Waals surface area contributed by atoms with Crippen molar-refractivity contribution >= 4 is 21.7 Å². The van der Waals surface area contributed by atoms with Crippen LogP contribution >= 0.6 is 15.9 Å². The van der Waals surface area contributed by atoms with Crippen LogP contribution in [0.15, 0.2) is 40.9 Å². The number of rotatable bonds is 5. The lowest BCUT2D eigenvalue weighted by Crippen LogP contribution is -1.99. The number of carbonyl (C=O) groups excluding carboxylic acids is 1. The van der Waals surface area contributed by atoms with Gasteiger partial charge in [-0.1, -0.05) is 35.3 Å². The zero-order valence-corrected chi connectivity index (χ0v) is 13.6. The Labute approximate surface area is 132 Å². The highest BCUT2D eigenvalue weighted by molar-refractivity contribution is 9.10. The minimum absolute atomic E-state index is 0.0249. The van der Waals surface area contributed by atoms with Crippen molar-refractivity contribution in [3.05, 3.63) is 52.0 Å². The summed E-state index contributed by atoms with van der Waals surface area (Å²) in [5, 5.41) is 10.3. The largest absolute Gasteiger partial charge is 0.507 e. The number of phenols is 1. The molecule has 1 N–H and O–H groups in total. The van der Waals surface area contributed by atoms with Crippen molar-refractivity contribution in [2.24, 2.45) is 0 Å². The standard InChI is InChI=1S/C17H17BrO3/c1-3-5-15-16(9-8-14(11(2)19)17(15)20)21-13-7-4-6-12(18)10-13/h4,6-10,20H,3,5H2,1-2H3. The van der Waals surface area contributed by atoms with E-state index in [1.165, 1.54) is 6.92 Å². The summed E-state index contributed by atoms with van der Waals surface area (Å²) in [6.45, 7) is 3.46. The van der Waals surface area contributed by atoms with Gasteiger partial charge in [-0.2, -0.15) is 0 Å². The molecule has 0 radical (unpaired) electrons. The van der Waals surface area contributed by atoms with Crippen molar-refractivity contribution in [1.29, 1.82) is 0 Å². The molecule has 3 nitrogen and oxygen atoms in total. The van der Waals surface area contributed by atoms with Gasteiger partial charge in [-0.3, -0.25) is 4.79 Å². The Kier molecular flexibility index (Phi) is 5.02. The quantitative estimate of drug-likeness (QED) is 0.764. The van der Waals surface area contributed by atoms with Crippen LogP contribution in [0.1, 0.15) is 36.2 Å². The maximum atomic E-state index is 11.5. The van der Waals surface area contributed by atoms with Gasteiger partial charge in [0.25, 0.3) is 0 Å². The fourth-order valence-electron chi connectivity index (χ4n) is 2.15. The van der Waals surface area contributed by atoms with E-state index in [4.69, 9.17) is 4.74 Å². The van der Waals surface area contributed by atoms with Gasteiger partial charge in [0.15, 0.2) is 5.78 Å². The molecule has 21 heavy (non-hydrogen) atoms. The van der Waals surface area contributed by atoms with Crippen LogP contribution in [0.3, 0.4) is 0 Å². The molecule has 0 aliphatic rings. The third kappa shape index (κ3) is 3.64. The van der Waals surface area contributed by atoms with Crippen molar-refractivity contribution in [2.75, 3.05) is 0 Å². The summed E-state index contributed by atoms with van der Waals surface area (Å²) in [5.74, 6) is 1.13. The summed E-state index contributed by atoms with van der Waals surface area (Å²) in [5.41, 5.74) is 1.00. The minimum Gasteiger partial charge on any atom is -0.507 e. The molecular weight excluding hydrogens is 332 g/mol. The molecule has 2 rings (SSSR count). The van der Waals surface area contributed by atoms with Crippen LogP contribution in [0.4, 0.5) is 0 Å². The number of hydrogen-bond donors (Lipinski definition) is 1. The van der Waals surface area contributed by atoms with Crippen molar-refractivity contribution in [3.63, 3.8) is 0 Å². The van der Waals surface area contributed by atoms with Crippen LogP contribution in [-0.4, -0.2) is 10.9 Å². The predicted molar refractivity (Wildman–Crippen MR) is 86.3 cm³/mol. The summed E-state index contributed by atoms with van der Waals surface area (Å²) in [6.07, 6.45) is 1.50. The second-order valence-electron chi connectivity index (χ2n) is 4.80. The fraction of sp³-hybridized carbons (Fsp3) is 0.235. The van der Waals surface area contributed by atoms with Gasteiger partial charge >= 0.3 is 0 Å². The van der Waals surface area contributed by atoms with Crippen LogP contribution in [0.2, 0.25) is 0 Å². The third-order valence-corrected chi connectivity index (χ3v) is 3.64. The molecule has 0 unspecified atom stereocenters. The topological polar surface area (TPSA) is 46.5 Å². The molecule has 0 spiro atoms. The number of carbonyl (C=O) groups is 1. The van der Waals surface area contributed by atoms with E-state index in [9.17, 15) is 9.90 Å². The number of phenolic OH excluding ortho intramolecular Hbond substituents is 1. The minimum atomic E-state index is -0.154. The van der Waals surface area contributed by atoms with E-state index >= 15 is 0 Å². The Hall–Kier alpha value is -1.81. The van der Waals surface area contributed by atoms with Gasteiger partial charge in [-0.15, -0.1) is 0 Å². The van der Waals surface area contributed by atoms with E-state index < -0.39 is 0 Å². The SMILES string of the molecule is CCCc1c(Oc2cccc(Br)c2)ccc(C(C)=O)c1O. The lowest BCUT2D eigenvalue weighted by atomic mass is 10.0. The first kappa shape index (κ1) is 15.6. The highest BCUT2D eigenvalue weighted by atomic mass is 79.9. The van der Waals surface area contributed by atoms with E-state index in [2.05, 4.69) is 15.9 Å². The Morgan fingerprint density at radius 3 is 2.67 bits per heavy atom. The first-order chi connectivity index (χ1) is 10.0. The number of Topliss-reactive ketones (excluding diaryl/α,β-unsaturated/α-hetero) is 1. The lowest BCUT2D eigenvalue weighted by molar-refractivity contribution is 0.101. The Balaban J connectivity index is 2.43. The lowest BCUT2D eigenvalue weighted by Gasteiger charge is -2.14. The molecule has 0 aliphatic carbocycles. The molecule has 0 aliphatic heterocycles. The Morgan fingerprint density at radius 1 is 1.29 bits per heavy atom. The number of halogens is 1. The number of ether oxygens (including phenoxy) is 1. The van der Waals surface area contributed by atoms with Crippen LogP contribution in [0.5, 0.6) is 17.2 Å². The second kappa shape index (κ2) is 6.76. The molecule has 0 atom stereocenters. The van der Waals surface area contributed by atoms with Crippen LogP contribution in [0.25, 0.3) is 0 Å². The zero-order chi connectivity index (χ0) is 15.4. The van der Waals surface area contributed by atoms with Crippen molar-refractivity contribution < 1.29 is 14.6 Å². The highest BCUT2D eigenvalue weighted by Crippen LogP contribution is 2.35. The van der Waals surface area contributed by atoms with Crippen LogP contribution in [0, 0.1) is 0 Å². The Bertz CT molecular complexity index is 665. The number of ketones is 1. The molecule has 4 heteroatoms. The monoisotopic (exact) mass is 348 g/mol. The number of hydrogen-bond acceptors (Lipinski definition) is 3. The summed E-state index contributed by atoms with van der Waals surface area (Å²) >= 11 is 3.40. The summed E-state index contributed by atoms with van der Waals surface area (Å²) in [7, 11) is 0. The Morgan fingerprint density at radius 2 is 2.05 bits per heavy atom. The first-order valence-electron chi connectivity index (χ1n) is 6.82. The molecule has 110 valence electrons. The molecular formula is C17H17BrO3. The van der Waals surface area contributed by atoms with Gasteiger partial charge in [0.1, 0.15) is 17.2 Å².